The van der Waals surface area contributed by atoms with Crippen LogP contribution in [0.4, 0.5) is 4.39 Å². The predicted octanol–water partition coefficient (Wildman–Crippen LogP) is 2.28. The van der Waals surface area contributed by atoms with Crippen LogP contribution < -0.4 is 5.56 Å². The Bertz CT molecular complexity index is 688. The second kappa shape index (κ2) is 6.12. The van der Waals surface area contributed by atoms with Crippen molar-refractivity contribution in [2.24, 2.45) is 0 Å². The fraction of sp³-hybridized carbons (Fsp3) is 0.154. The quantitative estimate of drug-likeness (QED) is 0.676. The lowest BCUT2D eigenvalue weighted by Gasteiger charge is -2.18. The average molecular weight is 358 g/mol. The summed E-state index contributed by atoms with van der Waals surface area (Å²) in [6.45, 7) is -0.501. The summed E-state index contributed by atoms with van der Waals surface area (Å²) in [7, 11) is 1.88. The van der Waals surface area contributed by atoms with Crippen LogP contribution in [0, 0.1) is 5.82 Å². The fourth-order valence-electron chi connectivity index (χ4n) is 2.02. The van der Waals surface area contributed by atoms with E-state index >= 15 is 0 Å². The van der Waals surface area contributed by atoms with Gasteiger partial charge in [0.25, 0.3) is 5.56 Å². The second-order valence-corrected chi connectivity index (χ2v) is 6.07. The van der Waals surface area contributed by atoms with Crippen LogP contribution in [-0.2, 0) is 6.73 Å². The van der Waals surface area contributed by atoms with E-state index in [1.165, 1.54) is 16.7 Å². The normalized spacial score (nSPS) is 12.4. The van der Waals surface area contributed by atoms with Crippen LogP contribution >= 0.6 is 27.5 Å². The number of benzene rings is 1. The second-order valence-electron chi connectivity index (χ2n) is 4.29. The lowest BCUT2D eigenvalue weighted by molar-refractivity contribution is 0.207. The molecule has 1 aromatic carbocycles. The first kappa shape index (κ1) is 15.3. The number of pyridine rings is 1. The highest BCUT2D eigenvalue weighted by Gasteiger charge is 2.17. The molecule has 0 fully saturated rings. The van der Waals surface area contributed by atoms with E-state index in [0.29, 0.717) is 11.3 Å². The summed E-state index contributed by atoms with van der Waals surface area (Å²) in [5.74, 6) is -0.367. The first-order valence-corrected chi connectivity index (χ1v) is 7.19. The fourth-order valence-corrected chi connectivity index (χ4v) is 2.59. The van der Waals surface area contributed by atoms with Gasteiger partial charge in [0.2, 0.25) is 0 Å². The molecule has 1 heterocycles. The Morgan fingerprint density at radius 3 is 2.50 bits per heavy atom. The topological polar surface area (TPSA) is 42.2 Å². The molecule has 0 saturated heterocycles. The number of aromatic nitrogens is 1. The Hall–Kier alpha value is -1.11. The molecule has 2 rings (SSSR count). The molecule has 0 saturated carbocycles. The summed E-state index contributed by atoms with van der Waals surface area (Å²) < 4.78 is 14.1. The maximum absolute atomic E-state index is 13.0. The molecule has 0 bridgehead atoms. The van der Waals surface area contributed by atoms with Gasteiger partial charge in [-0.15, -0.1) is 0 Å². The highest BCUT2D eigenvalue weighted by atomic mass is 79.9. The SMILES string of the molecule is BC(Br)c1cc(Cl)c(=O)n(CO)c1-c1ccc(F)cc1. The molecule has 0 radical (unpaired) electrons. The third kappa shape index (κ3) is 2.82. The minimum Gasteiger partial charge on any atom is -0.376 e. The van der Waals surface area contributed by atoms with Crippen molar-refractivity contribution >= 4 is 35.4 Å². The molecule has 1 N–H and O–H groups in total. The van der Waals surface area contributed by atoms with Crippen LogP contribution in [0.2, 0.25) is 5.02 Å². The van der Waals surface area contributed by atoms with Crippen molar-refractivity contribution in [1.29, 1.82) is 0 Å². The molecule has 1 unspecified atom stereocenters. The molecule has 0 amide bonds. The van der Waals surface area contributed by atoms with Crippen LogP contribution in [0.15, 0.2) is 35.1 Å². The molecular weight excluding hydrogens is 347 g/mol. The highest BCUT2D eigenvalue weighted by Crippen LogP contribution is 2.31. The summed E-state index contributed by atoms with van der Waals surface area (Å²) in [6.07, 6.45) is 0. The summed E-state index contributed by atoms with van der Waals surface area (Å²) in [5, 5.41) is 9.49. The van der Waals surface area contributed by atoms with E-state index in [1.54, 1.807) is 18.2 Å². The zero-order valence-corrected chi connectivity index (χ0v) is 12.9. The number of halogens is 3. The zero-order chi connectivity index (χ0) is 14.9. The Morgan fingerprint density at radius 1 is 1.40 bits per heavy atom. The van der Waals surface area contributed by atoms with E-state index in [2.05, 4.69) is 15.9 Å². The Labute approximate surface area is 129 Å². The molecule has 3 nitrogen and oxygen atoms in total. The van der Waals surface area contributed by atoms with E-state index in [-0.39, 0.29) is 15.6 Å². The lowest BCUT2D eigenvalue weighted by atomic mass is 9.92. The first-order valence-electron chi connectivity index (χ1n) is 5.89. The highest BCUT2D eigenvalue weighted by molar-refractivity contribution is 9.09. The van der Waals surface area contributed by atoms with Crippen molar-refractivity contribution < 1.29 is 9.50 Å². The Balaban J connectivity index is 2.81. The van der Waals surface area contributed by atoms with Crippen molar-refractivity contribution in [2.45, 2.75) is 11.5 Å². The van der Waals surface area contributed by atoms with Gasteiger partial charge in [0.1, 0.15) is 25.4 Å². The van der Waals surface area contributed by atoms with Gasteiger partial charge in [-0.1, -0.05) is 27.5 Å². The standard InChI is InChI=1S/C13H11BBrClFNO2/c14-12(15)9-5-10(16)13(20)18(6-19)11(9)7-1-3-8(17)4-2-7/h1-5,12,19H,6,14H2. The Kier molecular flexibility index (Phi) is 4.68. The molecule has 7 heteroatoms. The van der Waals surface area contributed by atoms with Crippen LogP contribution in [-0.4, -0.2) is 17.5 Å². The van der Waals surface area contributed by atoms with Crippen LogP contribution in [0.5, 0.6) is 0 Å². The minimum atomic E-state index is -0.501. The number of rotatable bonds is 3. The third-order valence-electron chi connectivity index (χ3n) is 2.96. The van der Waals surface area contributed by atoms with Gasteiger partial charge >= 0.3 is 0 Å². The van der Waals surface area contributed by atoms with Crippen molar-refractivity contribution in [3.63, 3.8) is 0 Å². The van der Waals surface area contributed by atoms with Crippen molar-refractivity contribution in [1.82, 2.24) is 4.57 Å². The minimum absolute atomic E-state index is 0.0335. The van der Waals surface area contributed by atoms with Crippen LogP contribution in [0.25, 0.3) is 11.3 Å². The van der Waals surface area contributed by atoms with Gasteiger partial charge in [-0.2, -0.15) is 0 Å². The van der Waals surface area contributed by atoms with Gasteiger partial charge in [-0.05, 0) is 41.5 Å². The molecule has 1 aromatic heterocycles. The third-order valence-corrected chi connectivity index (χ3v) is 3.73. The number of alkyl halides is 1. The van der Waals surface area contributed by atoms with Crippen molar-refractivity contribution in [2.75, 3.05) is 0 Å². The predicted molar refractivity (Wildman–Crippen MR) is 83.5 cm³/mol. The maximum atomic E-state index is 13.0. The van der Waals surface area contributed by atoms with E-state index in [0.717, 1.165) is 5.56 Å². The lowest BCUT2D eigenvalue weighted by Crippen LogP contribution is -2.24. The van der Waals surface area contributed by atoms with Crippen LogP contribution in [0.3, 0.4) is 0 Å². The summed E-state index contributed by atoms with van der Waals surface area (Å²) in [4.78, 5) is 12.0. The van der Waals surface area contributed by atoms with Gasteiger partial charge in [0, 0.05) is 4.73 Å². The first-order chi connectivity index (χ1) is 9.45. The van der Waals surface area contributed by atoms with Crippen molar-refractivity contribution in [3.05, 3.63) is 57.1 Å². The molecule has 20 heavy (non-hydrogen) atoms. The zero-order valence-electron chi connectivity index (χ0n) is 10.6. The number of nitrogens with zero attached hydrogens (tertiary/aromatic N) is 1. The summed E-state index contributed by atoms with van der Waals surface area (Å²) in [5.41, 5.74) is 1.42. The maximum Gasteiger partial charge on any atom is 0.271 e. The van der Waals surface area contributed by atoms with E-state index in [1.807, 2.05) is 7.85 Å². The smallest absolute Gasteiger partial charge is 0.271 e. The molecule has 0 aliphatic rings. The van der Waals surface area contributed by atoms with Gasteiger partial charge in [-0.25, -0.2) is 4.39 Å². The summed E-state index contributed by atoms with van der Waals surface area (Å²) in [6, 6.07) is 7.29. The van der Waals surface area contributed by atoms with E-state index in [4.69, 9.17) is 11.6 Å². The Morgan fingerprint density at radius 2 is 2.00 bits per heavy atom. The van der Waals surface area contributed by atoms with Gasteiger partial charge < -0.3 is 5.11 Å². The molecule has 0 aliphatic carbocycles. The molecule has 1 atom stereocenters. The van der Waals surface area contributed by atoms with E-state index in [9.17, 15) is 14.3 Å². The number of aliphatic hydroxyl groups is 1. The van der Waals surface area contributed by atoms with Gasteiger partial charge in [-0.3, -0.25) is 9.36 Å². The summed E-state index contributed by atoms with van der Waals surface area (Å²) >= 11 is 9.34. The largest absolute Gasteiger partial charge is 0.376 e. The monoisotopic (exact) mass is 357 g/mol. The average Bonchev–Trinajstić information content (AvgIpc) is 2.42. The van der Waals surface area contributed by atoms with Crippen LogP contribution in [0.1, 0.15) is 10.3 Å². The molecule has 0 aliphatic heterocycles. The van der Waals surface area contributed by atoms with E-state index < -0.39 is 12.3 Å². The number of hydrogen-bond acceptors (Lipinski definition) is 2. The molecular formula is C13H11BBrClFNO2. The number of aliphatic hydroxyl groups excluding tert-OH is 1. The van der Waals surface area contributed by atoms with Gasteiger partial charge in [0.05, 0.1) is 5.69 Å². The van der Waals surface area contributed by atoms with Gasteiger partial charge in [0.15, 0.2) is 0 Å². The number of hydrogen-bond donors (Lipinski definition) is 1. The van der Waals surface area contributed by atoms with Crippen molar-refractivity contribution in [3.8, 4) is 11.3 Å². The molecule has 2 aromatic rings. The molecule has 104 valence electrons. The molecule has 0 spiro atoms.